The highest BCUT2D eigenvalue weighted by Crippen LogP contribution is 2.40. The Balaban J connectivity index is 1.85. The molecule has 11 heteroatoms. The fraction of sp³-hybridized carbons (Fsp3) is 0.240. The third kappa shape index (κ3) is 5.16. The number of nitro groups is 1. The predicted molar refractivity (Wildman–Crippen MR) is 138 cm³/mol. The van der Waals surface area contributed by atoms with Crippen molar-refractivity contribution in [1.29, 1.82) is 0 Å². The summed E-state index contributed by atoms with van der Waals surface area (Å²) in [6.45, 7) is 2.84. The average molecular weight is 491 g/mol. The zero-order chi connectivity index (χ0) is 25.7. The van der Waals surface area contributed by atoms with Crippen molar-refractivity contribution < 1.29 is 19.1 Å². The summed E-state index contributed by atoms with van der Waals surface area (Å²) in [5.41, 5.74) is 9.52. The van der Waals surface area contributed by atoms with Crippen LogP contribution < -0.4 is 15.8 Å². The quantitative estimate of drug-likeness (QED) is 0.0716. The molecule has 11 nitrogen and oxygen atoms in total. The number of nitrogens with zero attached hydrogens (tertiary/aromatic N) is 4. The molecule has 1 heterocycles. The van der Waals surface area contributed by atoms with Crippen LogP contribution in [0.1, 0.15) is 6.92 Å². The van der Waals surface area contributed by atoms with Gasteiger partial charge in [-0.3, -0.25) is 10.1 Å². The van der Waals surface area contributed by atoms with Crippen LogP contribution in [-0.4, -0.2) is 43.6 Å². The summed E-state index contributed by atoms with van der Waals surface area (Å²) in [6.07, 6.45) is -0.464. The van der Waals surface area contributed by atoms with E-state index in [0.717, 1.165) is 22.2 Å². The molecule has 0 saturated heterocycles. The number of anilines is 2. The summed E-state index contributed by atoms with van der Waals surface area (Å²) in [7, 11) is 3.15. The van der Waals surface area contributed by atoms with Gasteiger partial charge in [0.25, 0.3) is 5.69 Å². The molecule has 0 aliphatic rings. The number of pyridine rings is 1. The fourth-order valence-corrected chi connectivity index (χ4v) is 3.74. The first-order valence-corrected chi connectivity index (χ1v) is 11.2. The van der Waals surface area contributed by atoms with Crippen molar-refractivity contribution in [3.63, 3.8) is 0 Å². The summed E-state index contributed by atoms with van der Waals surface area (Å²) in [5, 5.41) is 24.6. The van der Waals surface area contributed by atoms with Crippen LogP contribution in [0.3, 0.4) is 0 Å². The predicted octanol–water partition coefficient (Wildman–Crippen LogP) is 5.72. The second-order valence-corrected chi connectivity index (χ2v) is 7.75. The van der Waals surface area contributed by atoms with Gasteiger partial charge in [-0.05, 0) is 49.4 Å². The lowest BCUT2D eigenvalue weighted by atomic mass is 10.1. The van der Waals surface area contributed by atoms with E-state index in [1.165, 1.54) is 24.3 Å². The van der Waals surface area contributed by atoms with Gasteiger partial charge in [0.05, 0.1) is 40.7 Å². The lowest BCUT2D eigenvalue weighted by molar-refractivity contribution is -0.384. The Hall–Kier alpha value is -4.35. The second-order valence-electron chi connectivity index (χ2n) is 7.75. The van der Waals surface area contributed by atoms with Gasteiger partial charge in [-0.2, -0.15) is 5.11 Å². The second kappa shape index (κ2) is 10.9. The number of nitrogens with two attached hydrogens (primary N) is 1. The SMILES string of the molecule is CCOc1ccc2nc3c(/N=N/c4ccc([N+](=O)[O-])cc4)c(N)ccc3c(NCC(OC)OC)c2c1. The van der Waals surface area contributed by atoms with E-state index in [9.17, 15) is 10.1 Å². The lowest BCUT2D eigenvalue weighted by Gasteiger charge is -2.19. The molecule has 0 fully saturated rings. The maximum absolute atomic E-state index is 10.9. The Labute approximate surface area is 207 Å². The number of nitrogens with one attached hydrogen (secondary N) is 1. The summed E-state index contributed by atoms with van der Waals surface area (Å²) in [6, 6.07) is 15.0. The van der Waals surface area contributed by atoms with Crippen molar-refractivity contribution in [2.24, 2.45) is 10.2 Å². The van der Waals surface area contributed by atoms with E-state index in [0.29, 0.717) is 41.2 Å². The largest absolute Gasteiger partial charge is 0.494 e. The van der Waals surface area contributed by atoms with Gasteiger partial charge < -0.3 is 25.3 Å². The molecule has 0 aliphatic heterocycles. The van der Waals surface area contributed by atoms with Crippen molar-refractivity contribution in [3.05, 3.63) is 64.7 Å². The first-order chi connectivity index (χ1) is 17.4. The smallest absolute Gasteiger partial charge is 0.269 e. The van der Waals surface area contributed by atoms with E-state index in [1.54, 1.807) is 20.3 Å². The molecule has 36 heavy (non-hydrogen) atoms. The van der Waals surface area contributed by atoms with Crippen molar-refractivity contribution in [3.8, 4) is 5.75 Å². The van der Waals surface area contributed by atoms with E-state index in [4.69, 9.17) is 24.9 Å². The zero-order valence-corrected chi connectivity index (χ0v) is 20.1. The van der Waals surface area contributed by atoms with Gasteiger partial charge in [0.15, 0.2) is 6.29 Å². The molecule has 4 aromatic rings. The molecule has 186 valence electrons. The highest BCUT2D eigenvalue weighted by Gasteiger charge is 2.16. The molecule has 0 unspecified atom stereocenters. The molecule has 1 aromatic heterocycles. The zero-order valence-electron chi connectivity index (χ0n) is 20.1. The Morgan fingerprint density at radius 1 is 1.06 bits per heavy atom. The van der Waals surface area contributed by atoms with E-state index >= 15 is 0 Å². The fourth-order valence-electron chi connectivity index (χ4n) is 3.74. The number of ether oxygens (including phenoxy) is 3. The molecular weight excluding hydrogens is 464 g/mol. The minimum absolute atomic E-state index is 0.0284. The number of aromatic nitrogens is 1. The van der Waals surface area contributed by atoms with Crippen LogP contribution in [0.4, 0.5) is 28.4 Å². The van der Waals surface area contributed by atoms with Crippen LogP contribution in [0.25, 0.3) is 21.8 Å². The minimum atomic E-state index is -0.470. The van der Waals surface area contributed by atoms with Gasteiger partial charge in [-0.15, -0.1) is 5.11 Å². The summed E-state index contributed by atoms with van der Waals surface area (Å²) in [4.78, 5) is 15.3. The molecule has 0 spiro atoms. The normalized spacial score (nSPS) is 11.6. The Morgan fingerprint density at radius 3 is 2.47 bits per heavy atom. The number of azo groups is 1. The van der Waals surface area contributed by atoms with Crippen LogP contribution in [0.15, 0.2) is 64.8 Å². The summed E-state index contributed by atoms with van der Waals surface area (Å²) < 4.78 is 16.4. The molecule has 0 atom stereocenters. The molecule has 0 radical (unpaired) electrons. The highest BCUT2D eigenvalue weighted by molar-refractivity contribution is 6.12. The monoisotopic (exact) mass is 490 g/mol. The third-order valence-corrected chi connectivity index (χ3v) is 5.53. The van der Waals surface area contributed by atoms with Gasteiger partial charge in [0.2, 0.25) is 0 Å². The van der Waals surface area contributed by atoms with Gasteiger partial charge >= 0.3 is 0 Å². The summed E-state index contributed by atoms with van der Waals surface area (Å²) >= 11 is 0. The van der Waals surface area contributed by atoms with E-state index in [-0.39, 0.29) is 5.69 Å². The number of nitrogen functional groups attached to an aromatic ring is 1. The topological polar surface area (TPSA) is 146 Å². The standard InChI is InChI=1S/C25H26N6O5/c1-4-36-17-9-12-21-19(13-17)23(27-14-22(34-2)35-3)18-10-11-20(26)25(24(18)28-21)30-29-15-5-7-16(8-6-15)31(32)33/h5-13,22H,4,14,26H2,1-3H3,(H,27,28)/b30-29+. The van der Waals surface area contributed by atoms with Gasteiger partial charge in [0, 0.05) is 37.1 Å². The minimum Gasteiger partial charge on any atom is -0.494 e. The first-order valence-electron chi connectivity index (χ1n) is 11.2. The van der Waals surface area contributed by atoms with Crippen molar-refractivity contribution in [2.45, 2.75) is 13.2 Å². The number of fused-ring (bicyclic) bond motifs is 2. The molecule has 0 bridgehead atoms. The summed E-state index contributed by atoms with van der Waals surface area (Å²) in [5.74, 6) is 0.720. The number of rotatable bonds is 10. The van der Waals surface area contributed by atoms with Crippen LogP contribution in [0.5, 0.6) is 5.75 Å². The number of methoxy groups -OCH3 is 2. The number of non-ortho nitro benzene ring substituents is 1. The van der Waals surface area contributed by atoms with Crippen molar-refractivity contribution in [2.75, 3.05) is 38.4 Å². The molecule has 3 aromatic carbocycles. The lowest BCUT2D eigenvalue weighted by Crippen LogP contribution is -2.23. The molecule has 3 N–H and O–H groups in total. The van der Waals surface area contributed by atoms with Crippen molar-refractivity contribution in [1.82, 2.24) is 4.98 Å². The third-order valence-electron chi connectivity index (χ3n) is 5.53. The van der Waals surface area contributed by atoms with Gasteiger partial charge in [-0.1, -0.05) is 0 Å². The van der Waals surface area contributed by atoms with Crippen molar-refractivity contribution >= 4 is 50.2 Å². The maximum Gasteiger partial charge on any atom is 0.269 e. The number of nitro benzene ring substituents is 1. The van der Waals surface area contributed by atoms with E-state index < -0.39 is 11.2 Å². The Bertz CT molecular complexity index is 1420. The van der Waals surface area contributed by atoms with Crippen LogP contribution in [-0.2, 0) is 9.47 Å². The maximum atomic E-state index is 10.9. The number of benzene rings is 3. The molecule has 4 rings (SSSR count). The molecule has 0 saturated carbocycles. The Morgan fingerprint density at radius 2 is 1.81 bits per heavy atom. The number of hydrogen-bond donors (Lipinski definition) is 2. The van der Waals surface area contributed by atoms with E-state index in [2.05, 4.69) is 15.5 Å². The number of hydrogen-bond acceptors (Lipinski definition) is 10. The molecule has 0 aliphatic carbocycles. The van der Waals surface area contributed by atoms with Crippen LogP contribution in [0, 0.1) is 10.1 Å². The molecular formula is C25H26N6O5. The average Bonchev–Trinajstić information content (AvgIpc) is 2.88. The highest BCUT2D eigenvalue weighted by atomic mass is 16.7. The van der Waals surface area contributed by atoms with Crippen LogP contribution in [0.2, 0.25) is 0 Å². The van der Waals surface area contributed by atoms with Crippen LogP contribution >= 0.6 is 0 Å². The van der Waals surface area contributed by atoms with E-state index in [1.807, 2.05) is 31.2 Å². The Kier molecular flexibility index (Phi) is 7.52. The van der Waals surface area contributed by atoms with Gasteiger partial charge in [-0.25, -0.2) is 4.98 Å². The van der Waals surface area contributed by atoms with Gasteiger partial charge in [0.1, 0.15) is 17.0 Å². The molecule has 0 amide bonds. The first kappa shape index (κ1) is 24.8.